The summed E-state index contributed by atoms with van der Waals surface area (Å²) in [6, 6.07) is 0. The van der Waals surface area contributed by atoms with Gasteiger partial charge in [-0.2, -0.15) is 0 Å². The lowest BCUT2D eigenvalue weighted by atomic mass is 10.0. The summed E-state index contributed by atoms with van der Waals surface area (Å²) >= 11 is 0. The second-order valence-electron chi connectivity index (χ2n) is 21.6. The molecule has 0 amide bonds. The van der Waals surface area contributed by atoms with Gasteiger partial charge in [0.15, 0.2) is 6.10 Å². The summed E-state index contributed by atoms with van der Waals surface area (Å²) in [5.41, 5.74) is 0. The maximum absolute atomic E-state index is 12.9. The Hall–Kier alpha value is -4.71. The van der Waals surface area contributed by atoms with Crippen LogP contribution in [0.1, 0.15) is 290 Å². The first-order valence-corrected chi connectivity index (χ1v) is 33.3. The number of hydrogen-bond donors (Lipinski definition) is 0. The molecule has 0 bridgehead atoms. The fraction of sp³-hybridized carbons (Fsp3) is 0.640. The van der Waals surface area contributed by atoms with Gasteiger partial charge < -0.3 is 14.2 Å². The molecular weight excluding hydrogens is 997 g/mol. The minimum Gasteiger partial charge on any atom is -0.462 e. The van der Waals surface area contributed by atoms with Crippen molar-refractivity contribution >= 4 is 17.9 Å². The molecule has 0 aliphatic rings. The minimum atomic E-state index is -0.820. The highest BCUT2D eigenvalue weighted by Gasteiger charge is 2.19. The molecule has 0 aliphatic carbocycles. The summed E-state index contributed by atoms with van der Waals surface area (Å²) in [7, 11) is 0. The van der Waals surface area contributed by atoms with E-state index in [9.17, 15) is 14.4 Å². The van der Waals surface area contributed by atoms with Gasteiger partial charge in [-0.1, -0.05) is 295 Å². The zero-order chi connectivity index (χ0) is 58.5. The third kappa shape index (κ3) is 66.0. The number of unbranched alkanes of at least 4 members (excludes halogenated alkanes) is 24. The normalized spacial score (nSPS) is 13.1. The van der Waals surface area contributed by atoms with Crippen LogP contribution in [0, 0.1) is 0 Å². The predicted molar refractivity (Wildman–Crippen MR) is 352 cm³/mol. The lowest BCUT2D eigenvalue weighted by molar-refractivity contribution is -0.166. The summed E-state index contributed by atoms with van der Waals surface area (Å²) in [5.74, 6) is -1.00. The van der Waals surface area contributed by atoms with Gasteiger partial charge in [-0.05, 0) is 122 Å². The molecule has 0 heterocycles. The molecule has 0 fully saturated rings. The largest absolute Gasteiger partial charge is 0.462 e. The van der Waals surface area contributed by atoms with Gasteiger partial charge in [0, 0.05) is 19.3 Å². The van der Waals surface area contributed by atoms with E-state index in [1.165, 1.54) is 116 Å². The van der Waals surface area contributed by atoms with Gasteiger partial charge in [0.2, 0.25) is 0 Å². The van der Waals surface area contributed by atoms with Crippen LogP contribution in [0.15, 0.2) is 146 Å². The quantitative estimate of drug-likeness (QED) is 0.0261. The van der Waals surface area contributed by atoms with Gasteiger partial charge in [0.25, 0.3) is 0 Å². The smallest absolute Gasteiger partial charge is 0.306 e. The Bertz CT molecular complexity index is 1760. The first-order chi connectivity index (χ1) is 40.0. The molecule has 458 valence electrons. The molecule has 0 aliphatic heterocycles. The van der Waals surface area contributed by atoms with E-state index in [2.05, 4.69) is 161 Å². The average Bonchev–Trinajstić information content (AvgIpc) is 3.46. The molecular formula is C75H122O6. The van der Waals surface area contributed by atoms with Gasteiger partial charge in [0.1, 0.15) is 13.2 Å². The SMILES string of the molecule is CC/C=C\C/C=C\C/C=C\C/C=C\CCCCCCCCCCCCCCCCCCCCC(=O)OCC(COC(=O)CC/C=C\C/C=C\C/C=C\C/C=C\CC)OC(=O)CCCCCCCC/C=C\C/C=C\C/C=C\C/C=C\CC. The summed E-state index contributed by atoms with van der Waals surface area (Å²) in [6.45, 7) is 6.23. The highest BCUT2D eigenvalue weighted by Crippen LogP contribution is 2.16. The van der Waals surface area contributed by atoms with Crippen molar-refractivity contribution in [3.63, 3.8) is 0 Å². The van der Waals surface area contributed by atoms with Crippen molar-refractivity contribution in [3.8, 4) is 0 Å². The Labute approximate surface area is 499 Å². The van der Waals surface area contributed by atoms with Crippen LogP contribution in [0.5, 0.6) is 0 Å². The van der Waals surface area contributed by atoms with Crippen molar-refractivity contribution in [2.45, 2.75) is 297 Å². The monoisotopic (exact) mass is 1120 g/mol. The molecule has 0 aromatic carbocycles. The fourth-order valence-electron chi connectivity index (χ4n) is 8.97. The Kier molecular flexibility index (Phi) is 63.9. The van der Waals surface area contributed by atoms with Crippen molar-refractivity contribution in [1.82, 2.24) is 0 Å². The molecule has 81 heavy (non-hydrogen) atoms. The van der Waals surface area contributed by atoms with E-state index >= 15 is 0 Å². The number of allylic oxidation sites excluding steroid dienone is 24. The van der Waals surface area contributed by atoms with Gasteiger partial charge in [-0.25, -0.2) is 0 Å². The number of carbonyl (C=O) groups is 3. The first-order valence-electron chi connectivity index (χ1n) is 33.3. The van der Waals surface area contributed by atoms with E-state index in [1.54, 1.807) is 0 Å². The summed E-state index contributed by atoms with van der Waals surface area (Å²) in [4.78, 5) is 38.3. The third-order valence-corrected chi connectivity index (χ3v) is 13.8. The molecule has 0 rings (SSSR count). The highest BCUT2D eigenvalue weighted by atomic mass is 16.6. The van der Waals surface area contributed by atoms with Crippen LogP contribution in [-0.2, 0) is 28.6 Å². The van der Waals surface area contributed by atoms with Crippen LogP contribution in [0.4, 0.5) is 0 Å². The van der Waals surface area contributed by atoms with E-state index in [0.717, 1.165) is 128 Å². The summed E-state index contributed by atoms with van der Waals surface area (Å²) < 4.78 is 16.8. The van der Waals surface area contributed by atoms with E-state index in [0.29, 0.717) is 19.3 Å². The Morgan fingerprint density at radius 1 is 0.247 bits per heavy atom. The molecule has 0 aromatic heterocycles. The van der Waals surface area contributed by atoms with Gasteiger partial charge in [0.05, 0.1) is 0 Å². The van der Waals surface area contributed by atoms with Crippen LogP contribution in [0.3, 0.4) is 0 Å². The van der Waals surface area contributed by atoms with Crippen molar-refractivity contribution < 1.29 is 28.6 Å². The zero-order valence-electron chi connectivity index (χ0n) is 52.5. The number of ether oxygens (including phenoxy) is 3. The minimum absolute atomic E-state index is 0.109. The second kappa shape index (κ2) is 67.8. The van der Waals surface area contributed by atoms with Crippen LogP contribution in [0.2, 0.25) is 0 Å². The van der Waals surface area contributed by atoms with Crippen molar-refractivity contribution in [2.75, 3.05) is 13.2 Å². The molecule has 0 saturated carbocycles. The standard InChI is InChI=1S/C75H122O6/c1-4-7-10-13-16-19-22-25-27-29-31-32-33-34-35-36-37-38-39-40-41-42-44-45-47-50-53-56-59-62-65-68-74(77)80-71-72(70-79-73(76)67-64-61-58-55-52-49-24-21-18-15-12-9-6-3)81-75(78)69-66-63-60-57-54-51-48-46-43-30-28-26-23-20-17-14-11-8-5-2/h7-12,16-21,25-28,31-32,43,46,49,52,58,61,72H,4-6,13-15,22-24,29-30,33-42,44-45,47-48,50-51,53-57,59-60,62-71H2,1-3H3/b10-7-,11-8-,12-9-,19-16-,20-17-,21-18-,27-25-,28-26-,32-31-,46-43-,52-49-,61-58-. The molecule has 0 radical (unpaired) electrons. The second-order valence-corrected chi connectivity index (χ2v) is 21.6. The summed E-state index contributed by atoms with van der Waals surface area (Å²) in [5, 5.41) is 0. The number of carbonyl (C=O) groups excluding carboxylic acids is 3. The maximum Gasteiger partial charge on any atom is 0.306 e. The zero-order valence-corrected chi connectivity index (χ0v) is 52.5. The number of rotatable bonds is 59. The number of hydrogen-bond acceptors (Lipinski definition) is 6. The number of esters is 3. The molecule has 6 nitrogen and oxygen atoms in total. The predicted octanol–water partition coefficient (Wildman–Crippen LogP) is 23.1. The van der Waals surface area contributed by atoms with E-state index in [-0.39, 0.29) is 37.5 Å². The van der Waals surface area contributed by atoms with Crippen LogP contribution in [0.25, 0.3) is 0 Å². The first kappa shape index (κ1) is 76.3. The van der Waals surface area contributed by atoms with Crippen LogP contribution in [-0.4, -0.2) is 37.2 Å². The molecule has 0 spiro atoms. The Balaban J connectivity index is 4.28. The van der Waals surface area contributed by atoms with E-state index in [4.69, 9.17) is 14.2 Å². The van der Waals surface area contributed by atoms with Crippen molar-refractivity contribution in [1.29, 1.82) is 0 Å². The molecule has 0 N–H and O–H groups in total. The maximum atomic E-state index is 12.9. The Morgan fingerprint density at radius 3 is 0.765 bits per heavy atom. The fourth-order valence-corrected chi connectivity index (χ4v) is 8.97. The van der Waals surface area contributed by atoms with Crippen LogP contribution >= 0.6 is 0 Å². The summed E-state index contributed by atoms with van der Waals surface area (Å²) in [6.07, 6.45) is 97.5. The topological polar surface area (TPSA) is 78.9 Å². The van der Waals surface area contributed by atoms with E-state index in [1.807, 2.05) is 6.08 Å². The van der Waals surface area contributed by atoms with Gasteiger partial charge in [-0.3, -0.25) is 14.4 Å². The highest BCUT2D eigenvalue weighted by molar-refractivity contribution is 5.71. The lowest BCUT2D eigenvalue weighted by Gasteiger charge is -2.18. The van der Waals surface area contributed by atoms with Gasteiger partial charge >= 0.3 is 17.9 Å². The Morgan fingerprint density at radius 2 is 0.469 bits per heavy atom. The van der Waals surface area contributed by atoms with E-state index < -0.39 is 6.10 Å². The molecule has 6 heteroatoms. The van der Waals surface area contributed by atoms with Crippen LogP contribution < -0.4 is 0 Å². The third-order valence-electron chi connectivity index (χ3n) is 13.8. The molecule has 0 saturated heterocycles. The average molecular weight is 1120 g/mol. The molecule has 1 atom stereocenters. The van der Waals surface area contributed by atoms with Gasteiger partial charge in [-0.15, -0.1) is 0 Å². The van der Waals surface area contributed by atoms with Crippen molar-refractivity contribution in [3.05, 3.63) is 146 Å². The lowest BCUT2D eigenvalue weighted by Crippen LogP contribution is -2.30. The molecule has 0 aromatic rings. The molecule has 1 unspecified atom stereocenters. The van der Waals surface area contributed by atoms with Crippen molar-refractivity contribution in [2.24, 2.45) is 0 Å².